The van der Waals surface area contributed by atoms with Crippen molar-refractivity contribution in [3.05, 3.63) is 0 Å². The van der Waals surface area contributed by atoms with Crippen LogP contribution in [0.2, 0.25) is 0 Å². The number of hydrogen-bond donors (Lipinski definition) is 6. The van der Waals surface area contributed by atoms with E-state index in [2.05, 4.69) is 0 Å². The Kier molecular flexibility index (Phi) is 8.51. The second kappa shape index (κ2) is 9.62. The SMILES string of the molecule is CCCCCC(=O)O[C@@]1(C(CO)CO)O[C@H](CO)[C@H](O)[C@H](O)[C@H]1O. The van der Waals surface area contributed by atoms with Crippen molar-refractivity contribution >= 4 is 5.97 Å². The molecule has 1 aliphatic heterocycles. The summed E-state index contributed by atoms with van der Waals surface area (Å²) in [6.45, 7) is -0.185. The van der Waals surface area contributed by atoms with Crippen LogP contribution in [0.4, 0.5) is 0 Å². The lowest BCUT2D eigenvalue weighted by molar-refractivity contribution is -0.374. The molecule has 0 aromatic heterocycles. The fraction of sp³-hybridized carbons (Fsp3) is 0.933. The van der Waals surface area contributed by atoms with E-state index in [0.717, 1.165) is 12.8 Å². The summed E-state index contributed by atoms with van der Waals surface area (Å²) < 4.78 is 10.6. The number of carbonyl (C=O) groups excluding carboxylic acids is 1. The van der Waals surface area contributed by atoms with Gasteiger partial charge >= 0.3 is 5.97 Å². The van der Waals surface area contributed by atoms with Crippen LogP contribution in [0.15, 0.2) is 0 Å². The van der Waals surface area contributed by atoms with Gasteiger partial charge in [-0.25, -0.2) is 0 Å². The second-order valence-electron chi connectivity index (χ2n) is 5.98. The first-order valence-corrected chi connectivity index (χ1v) is 8.14. The lowest BCUT2D eigenvalue weighted by atomic mass is 9.85. The van der Waals surface area contributed by atoms with Gasteiger partial charge in [0.2, 0.25) is 5.79 Å². The Hall–Kier alpha value is -0.810. The van der Waals surface area contributed by atoms with Crippen molar-refractivity contribution in [1.29, 1.82) is 0 Å². The van der Waals surface area contributed by atoms with Crippen molar-refractivity contribution in [3.8, 4) is 0 Å². The largest absolute Gasteiger partial charge is 0.429 e. The highest BCUT2D eigenvalue weighted by atomic mass is 16.7. The van der Waals surface area contributed by atoms with Gasteiger partial charge in [0.25, 0.3) is 0 Å². The van der Waals surface area contributed by atoms with Crippen molar-refractivity contribution < 1.29 is 44.9 Å². The topological polar surface area (TPSA) is 157 Å². The van der Waals surface area contributed by atoms with Crippen molar-refractivity contribution in [2.45, 2.75) is 62.8 Å². The number of ether oxygens (including phenoxy) is 2. The highest BCUT2D eigenvalue weighted by Crippen LogP contribution is 2.37. The molecule has 0 unspecified atom stereocenters. The normalized spacial score (nSPS) is 33.7. The summed E-state index contributed by atoms with van der Waals surface area (Å²) in [5, 5.41) is 58.3. The zero-order valence-electron chi connectivity index (χ0n) is 13.7. The van der Waals surface area contributed by atoms with E-state index in [1.165, 1.54) is 0 Å². The van der Waals surface area contributed by atoms with E-state index in [1.807, 2.05) is 6.92 Å². The third-order valence-corrected chi connectivity index (χ3v) is 4.25. The van der Waals surface area contributed by atoms with E-state index < -0.39 is 61.9 Å². The molecule has 9 nitrogen and oxygen atoms in total. The summed E-state index contributed by atoms with van der Waals surface area (Å²) in [6, 6.07) is 0. The lowest BCUT2D eigenvalue weighted by Crippen LogP contribution is -2.70. The first kappa shape index (κ1) is 21.2. The van der Waals surface area contributed by atoms with Gasteiger partial charge in [0.05, 0.1) is 25.7 Å². The number of aliphatic hydroxyl groups is 6. The predicted molar refractivity (Wildman–Crippen MR) is 80.6 cm³/mol. The minimum atomic E-state index is -2.27. The Morgan fingerprint density at radius 2 is 1.75 bits per heavy atom. The Morgan fingerprint density at radius 3 is 2.25 bits per heavy atom. The Balaban J connectivity index is 3.06. The van der Waals surface area contributed by atoms with Gasteiger partial charge in [-0.1, -0.05) is 19.8 Å². The number of hydrogen-bond acceptors (Lipinski definition) is 9. The zero-order valence-corrected chi connectivity index (χ0v) is 13.7. The van der Waals surface area contributed by atoms with Gasteiger partial charge in [-0.05, 0) is 6.42 Å². The minimum Gasteiger partial charge on any atom is -0.429 e. The third-order valence-electron chi connectivity index (χ3n) is 4.25. The lowest BCUT2D eigenvalue weighted by Gasteiger charge is -2.50. The van der Waals surface area contributed by atoms with Crippen molar-refractivity contribution in [1.82, 2.24) is 0 Å². The fourth-order valence-corrected chi connectivity index (χ4v) is 2.73. The minimum absolute atomic E-state index is 0.0255. The standard InChI is InChI=1S/C15H28O9/c1-2-3-4-5-11(19)24-15(9(6-16)7-17)14(22)13(21)12(20)10(8-18)23-15/h9-10,12-14,16-18,20-22H,2-8H2,1H3/t10-,12+,13+,14-,15-/m1/s1. The number of aliphatic hydroxyl groups excluding tert-OH is 6. The van der Waals surface area contributed by atoms with Crippen LogP contribution in [0.25, 0.3) is 0 Å². The molecule has 9 heteroatoms. The fourth-order valence-electron chi connectivity index (χ4n) is 2.73. The highest BCUT2D eigenvalue weighted by Gasteiger charge is 2.59. The van der Waals surface area contributed by atoms with Crippen LogP contribution in [-0.4, -0.2) is 86.6 Å². The summed E-state index contributed by atoms with van der Waals surface area (Å²) in [4.78, 5) is 12.1. The predicted octanol–water partition coefficient (Wildman–Crippen LogP) is -2.12. The molecule has 0 amide bonds. The van der Waals surface area contributed by atoms with Gasteiger partial charge in [-0.2, -0.15) is 0 Å². The van der Waals surface area contributed by atoms with Gasteiger partial charge in [-0.15, -0.1) is 0 Å². The molecule has 1 saturated heterocycles. The highest BCUT2D eigenvalue weighted by molar-refractivity contribution is 5.69. The maximum atomic E-state index is 12.1. The number of unbranched alkanes of at least 4 members (excludes halogenated alkanes) is 2. The van der Waals surface area contributed by atoms with E-state index in [9.17, 15) is 35.4 Å². The van der Waals surface area contributed by atoms with E-state index in [-0.39, 0.29) is 6.42 Å². The molecular weight excluding hydrogens is 324 g/mol. The zero-order chi connectivity index (χ0) is 18.3. The molecule has 1 heterocycles. The Morgan fingerprint density at radius 1 is 1.12 bits per heavy atom. The number of carbonyl (C=O) groups is 1. The quantitative estimate of drug-likeness (QED) is 0.202. The molecule has 0 aromatic rings. The van der Waals surface area contributed by atoms with Crippen LogP contribution in [0, 0.1) is 5.92 Å². The molecule has 142 valence electrons. The molecule has 5 atom stereocenters. The third kappa shape index (κ3) is 4.42. The van der Waals surface area contributed by atoms with Gasteiger partial charge in [0.15, 0.2) is 0 Å². The van der Waals surface area contributed by atoms with Crippen LogP contribution >= 0.6 is 0 Å². The Bertz CT molecular complexity index is 385. The summed E-state index contributed by atoms with van der Waals surface area (Å²) >= 11 is 0. The van der Waals surface area contributed by atoms with Gasteiger partial charge < -0.3 is 40.1 Å². The molecule has 0 spiro atoms. The summed E-state index contributed by atoms with van der Waals surface area (Å²) in [6.07, 6.45) is -4.44. The number of esters is 1. The molecule has 1 rings (SSSR count). The van der Waals surface area contributed by atoms with Crippen LogP contribution in [-0.2, 0) is 14.3 Å². The molecule has 6 N–H and O–H groups in total. The van der Waals surface area contributed by atoms with Crippen molar-refractivity contribution in [2.75, 3.05) is 19.8 Å². The van der Waals surface area contributed by atoms with Crippen LogP contribution in [0.1, 0.15) is 32.6 Å². The van der Waals surface area contributed by atoms with Crippen LogP contribution in [0.3, 0.4) is 0 Å². The van der Waals surface area contributed by atoms with Crippen LogP contribution < -0.4 is 0 Å². The molecule has 0 aliphatic carbocycles. The summed E-state index contributed by atoms with van der Waals surface area (Å²) in [5.74, 6) is -4.27. The molecule has 24 heavy (non-hydrogen) atoms. The van der Waals surface area contributed by atoms with Crippen LogP contribution in [0.5, 0.6) is 0 Å². The molecule has 0 aromatic carbocycles. The molecule has 0 saturated carbocycles. The van der Waals surface area contributed by atoms with Gasteiger partial charge in [0, 0.05) is 6.42 Å². The summed E-state index contributed by atoms with van der Waals surface area (Å²) in [7, 11) is 0. The average molecular weight is 352 g/mol. The van der Waals surface area contributed by atoms with Crippen molar-refractivity contribution in [2.24, 2.45) is 5.92 Å². The number of rotatable bonds is 9. The molecule has 1 aliphatic rings. The van der Waals surface area contributed by atoms with E-state index in [0.29, 0.717) is 6.42 Å². The van der Waals surface area contributed by atoms with Gasteiger partial charge in [0.1, 0.15) is 24.4 Å². The average Bonchev–Trinajstić information content (AvgIpc) is 2.57. The molecule has 0 bridgehead atoms. The van der Waals surface area contributed by atoms with E-state index in [4.69, 9.17) is 9.47 Å². The first-order valence-electron chi connectivity index (χ1n) is 8.14. The van der Waals surface area contributed by atoms with Gasteiger partial charge in [-0.3, -0.25) is 4.79 Å². The maximum absolute atomic E-state index is 12.1. The second-order valence-corrected chi connectivity index (χ2v) is 5.98. The van der Waals surface area contributed by atoms with E-state index in [1.54, 1.807) is 0 Å². The molecule has 1 fully saturated rings. The molecule has 0 radical (unpaired) electrons. The Labute approximate surface area is 140 Å². The first-order chi connectivity index (χ1) is 11.4. The monoisotopic (exact) mass is 352 g/mol. The molecular formula is C15H28O9. The van der Waals surface area contributed by atoms with Crippen molar-refractivity contribution in [3.63, 3.8) is 0 Å². The van der Waals surface area contributed by atoms with E-state index >= 15 is 0 Å². The summed E-state index contributed by atoms with van der Waals surface area (Å²) in [5.41, 5.74) is 0. The smallest absolute Gasteiger partial charge is 0.308 e. The maximum Gasteiger partial charge on any atom is 0.308 e.